The molecule has 1 aliphatic rings. The second-order valence-corrected chi connectivity index (χ2v) is 6.23. The molecule has 1 fully saturated rings. The summed E-state index contributed by atoms with van der Waals surface area (Å²) in [4.78, 5) is 26.3. The maximum absolute atomic E-state index is 12.1. The zero-order valence-electron chi connectivity index (χ0n) is 11.6. The van der Waals surface area contributed by atoms with Crippen LogP contribution in [-0.4, -0.2) is 35.1 Å². The number of carbonyl (C=O) groups is 2. The van der Waals surface area contributed by atoms with E-state index in [-0.39, 0.29) is 6.03 Å². The highest BCUT2D eigenvalue weighted by atomic mass is 32.1. The first-order valence-electron chi connectivity index (χ1n) is 6.86. The van der Waals surface area contributed by atoms with E-state index >= 15 is 0 Å². The van der Waals surface area contributed by atoms with Crippen LogP contribution in [-0.2, 0) is 11.3 Å². The monoisotopic (exact) mass is 296 g/mol. The van der Waals surface area contributed by atoms with Gasteiger partial charge in [-0.25, -0.2) is 4.79 Å². The van der Waals surface area contributed by atoms with Crippen molar-refractivity contribution in [1.82, 2.24) is 10.2 Å². The second kappa shape index (κ2) is 6.26. The Bertz CT molecular complexity index is 475. The SMILES string of the molecule is CCC1(C(=O)O)CCCN(C(=O)NCc2cccs2)C1. The molecule has 1 saturated heterocycles. The molecule has 110 valence electrons. The molecular formula is C14H20N2O3S. The Morgan fingerprint density at radius 2 is 2.35 bits per heavy atom. The smallest absolute Gasteiger partial charge is 0.317 e. The van der Waals surface area contributed by atoms with E-state index in [9.17, 15) is 14.7 Å². The van der Waals surface area contributed by atoms with Gasteiger partial charge in [0.05, 0.1) is 12.0 Å². The molecule has 0 saturated carbocycles. The number of carbonyl (C=O) groups excluding carboxylic acids is 1. The van der Waals surface area contributed by atoms with Crippen molar-refractivity contribution in [2.24, 2.45) is 5.41 Å². The minimum Gasteiger partial charge on any atom is -0.481 e. The van der Waals surface area contributed by atoms with Crippen molar-refractivity contribution in [1.29, 1.82) is 0 Å². The third-order valence-electron chi connectivity index (χ3n) is 3.99. The molecule has 0 aromatic carbocycles. The van der Waals surface area contributed by atoms with Gasteiger partial charge in [-0.1, -0.05) is 13.0 Å². The Morgan fingerprint density at radius 1 is 1.55 bits per heavy atom. The van der Waals surface area contributed by atoms with Crippen LogP contribution in [0, 0.1) is 5.41 Å². The summed E-state index contributed by atoms with van der Waals surface area (Å²) in [5, 5.41) is 14.2. The van der Waals surface area contributed by atoms with Crippen LogP contribution in [0.15, 0.2) is 17.5 Å². The summed E-state index contributed by atoms with van der Waals surface area (Å²) in [6.07, 6.45) is 1.94. The highest BCUT2D eigenvalue weighted by molar-refractivity contribution is 7.09. The second-order valence-electron chi connectivity index (χ2n) is 5.20. The quantitative estimate of drug-likeness (QED) is 0.897. The predicted molar refractivity (Wildman–Crippen MR) is 77.7 cm³/mol. The third kappa shape index (κ3) is 3.12. The Labute approximate surface area is 122 Å². The fourth-order valence-corrected chi connectivity index (χ4v) is 3.25. The van der Waals surface area contributed by atoms with Crippen LogP contribution < -0.4 is 5.32 Å². The van der Waals surface area contributed by atoms with Crippen molar-refractivity contribution in [2.75, 3.05) is 13.1 Å². The number of rotatable bonds is 4. The molecule has 1 aliphatic heterocycles. The van der Waals surface area contributed by atoms with E-state index in [1.54, 1.807) is 16.2 Å². The fraction of sp³-hybridized carbons (Fsp3) is 0.571. The van der Waals surface area contributed by atoms with Crippen LogP contribution >= 0.6 is 11.3 Å². The van der Waals surface area contributed by atoms with E-state index in [2.05, 4.69) is 5.32 Å². The lowest BCUT2D eigenvalue weighted by Gasteiger charge is -2.39. The molecule has 2 amide bonds. The van der Waals surface area contributed by atoms with Crippen LogP contribution in [0.2, 0.25) is 0 Å². The van der Waals surface area contributed by atoms with Crippen molar-refractivity contribution in [3.63, 3.8) is 0 Å². The van der Waals surface area contributed by atoms with E-state index in [0.717, 1.165) is 11.3 Å². The van der Waals surface area contributed by atoms with E-state index in [1.807, 2.05) is 24.4 Å². The topological polar surface area (TPSA) is 69.6 Å². The Balaban J connectivity index is 1.94. The Morgan fingerprint density at radius 3 is 2.95 bits per heavy atom. The summed E-state index contributed by atoms with van der Waals surface area (Å²) in [7, 11) is 0. The number of piperidine rings is 1. The molecule has 6 heteroatoms. The number of likely N-dealkylation sites (tertiary alicyclic amines) is 1. The first-order valence-corrected chi connectivity index (χ1v) is 7.74. The molecule has 0 spiro atoms. The predicted octanol–water partition coefficient (Wildman–Crippen LogP) is 2.53. The molecule has 1 unspecified atom stereocenters. The number of urea groups is 1. The number of hydrogen-bond donors (Lipinski definition) is 2. The molecule has 2 rings (SSSR count). The average molecular weight is 296 g/mol. The summed E-state index contributed by atoms with van der Waals surface area (Å²) < 4.78 is 0. The van der Waals surface area contributed by atoms with Gasteiger partial charge in [0.1, 0.15) is 0 Å². The van der Waals surface area contributed by atoms with Gasteiger partial charge < -0.3 is 15.3 Å². The molecule has 1 aromatic heterocycles. The van der Waals surface area contributed by atoms with Gasteiger partial charge >= 0.3 is 12.0 Å². The maximum atomic E-state index is 12.1. The summed E-state index contributed by atoms with van der Waals surface area (Å²) in [5.41, 5.74) is -0.779. The van der Waals surface area contributed by atoms with E-state index < -0.39 is 11.4 Å². The lowest BCUT2D eigenvalue weighted by atomic mass is 9.78. The number of carboxylic acid groups (broad SMARTS) is 1. The van der Waals surface area contributed by atoms with Gasteiger partial charge in [-0.05, 0) is 30.7 Å². The standard InChI is InChI=1S/C14H20N2O3S/c1-2-14(12(17)18)6-4-7-16(10-14)13(19)15-9-11-5-3-8-20-11/h3,5,8H,2,4,6-7,9-10H2,1H3,(H,15,19)(H,17,18). The first kappa shape index (κ1) is 14.8. The number of aliphatic carboxylic acids is 1. The van der Waals surface area contributed by atoms with Crippen molar-refractivity contribution in [2.45, 2.75) is 32.7 Å². The Kier molecular flexibility index (Phi) is 4.65. The van der Waals surface area contributed by atoms with Gasteiger partial charge in [0.2, 0.25) is 0 Å². The van der Waals surface area contributed by atoms with Crippen molar-refractivity contribution in [3.05, 3.63) is 22.4 Å². The van der Waals surface area contributed by atoms with Crippen LogP contribution in [0.4, 0.5) is 4.79 Å². The summed E-state index contributed by atoms with van der Waals surface area (Å²) in [5.74, 6) is -0.796. The minimum atomic E-state index is -0.796. The van der Waals surface area contributed by atoms with Crippen LogP contribution in [0.25, 0.3) is 0 Å². The van der Waals surface area contributed by atoms with Crippen molar-refractivity contribution in [3.8, 4) is 0 Å². The van der Waals surface area contributed by atoms with Crippen LogP contribution in [0.3, 0.4) is 0 Å². The van der Waals surface area contributed by atoms with Crippen molar-refractivity contribution >= 4 is 23.3 Å². The Hall–Kier alpha value is -1.56. The molecule has 0 radical (unpaired) electrons. The first-order chi connectivity index (χ1) is 9.57. The zero-order valence-corrected chi connectivity index (χ0v) is 12.4. The number of amides is 2. The number of nitrogens with one attached hydrogen (secondary N) is 1. The lowest BCUT2D eigenvalue weighted by Crippen LogP contribution is -2.52. The van der Waals surface area contributed by atoms with Gasteiger partial charge in [-0.15, -0.1) is 11.3 Å². The molecule has 2 heterocycles. The highest BCUT2D eigenvalue weighted by Crippen LogP contribution is 2.33. The molecule has 5 nitrogen and oxygen atoms in total. The molecule has 2 N–H and O–H groups in total. The largest absolute Gasteiger partial charge is 0.481 e. The fourth-order valence-electron chi connectivity index (χ4n) is 2.61. The summed E-state index contributed by atoms with van der Waals surface area (Å²) >= 11 is 1.59. The average Bonchev–Trinajstić information content (AvgIpc) is 2.97. The number of thiophene rings is 1. The molecule has 1 atom stereocenters. The number of carboxylic acids is 1. The molecular weight excluding hydrogens is 276 g/mol. The van der Waals surface area contributed by atoms with Gasteiger partial charge in [0.15, 0.2) is 0 Å². The minimum absolute atomic E-state index is 0.169. The maximum Gasteiger partial charge on any atom is 0.317 e. The number of hydrogen-bond acceptors (Lipinski definition) is 3. The van der Waals surface area contributed by atoms with Crippen molar-refractivity contribution < 1.29 is 14.7 Å². The van der Waals surface area contributed by atoms with E-state index in [4.69, 9.17) is 0 Å². The van der Waals surface area contributed by atoms with Gasteiger partial charge in [0, 0.05) is 18.0 Å². The summed E-state index contributed by atoms with van der Waals surface area (Å²) in [6.45, 7) is 3.31. The third-order valence-corrected chi connectivity index (χ3v) is 4.86. The van der Waals surface area contributed by atoms with Gasteiger partial charge in [-0.3, -0.25) is 4.79 Å². The van der Waals surface area contributed by atoms with Gasteiger partial charge in [-0.2, -0.15) is 0 Å². The number of nitrogens with zero attached hydrogens (tertiary/aromatic N) is 1. The normalized spacial score (nSPS) is 22.6. The molecule has 1 aromatic rings. The molecule has 20 heavy (non-hydrogen) atoms. The highest BCUT2D eigenvalue weighted by Gasteiger charge is 2.42. The van der Waals surface area contributed by atoms with E-state index in [0.29, 0.717) is 32.5 Å². The molecule has 0 aliphatic carbocycles. The zero-order chi connectivity index (χ0) is 14.6. The van der Waals surface area contributed by atoms with Crippen LogP contribution in [0.1, 0.15) is 31.1 Å². The molecule has 0 bridgehead atoms. The van der Waals surface area contributed by atoms with Crippen LogP contribution in [0.5, 0.6) is 0 Å². The summed E-state index contributed by atoms with van der Waals surface area (Å²) in [6, 6.07) is 3.74. The van der Waals surface area contributed by atoms with Gasteiger partial charge in [0.25, 0.3) is 0 Å². The lowest BCUT2D eigenvalue weighted by molar-refractivity contribution is -0.152. The van der Waals surface area contributed by atoms with E-state index in [1.165, 1.54) is 0 Å².